The summed E-state index contributed by atoms with van der Waals surface area (Å²) in [4.78, 5) is 10.2. The molecule has 5 nitrogen and oxygen atoms in total. The molecule has 11 aromatic carbocycles. The standard InChI is InChI=1S/C81H78BN5/c1-51-19-31-59(32-20-51)84(60-33-21-52(2)22-34-60)64-41-42-68-72(49-64)86(63-39-28-56(29-40-63)79(5,6)7)73-46-58(81(11,12)13)47-74-77(73)82(68)69-45-57(80(8,9)10)30-44-70(69)87(74)65-48-67-76-66-18-16-15-17-55(66)27-43-71(76)83(14)78(67)75(50-65)85(61-35-23-53(3)24-36-61)62-37-25-54(4)26-38-62/h15-50H,1-14H3. The van der Waals surface area contributed by atoms with Gasteiger partial charge in [0.1, 0.15) is 0 Å². The molecule has 12 aromatic rings. The molecule has 0 amide bonds. The van der Waals surface area contributed by atoms with Gasteiger partial charge in [0, 0.05) is 85.9 Å². The highest BCUT2D eigenvalue weighted by Crippen LogP contribution is 2.52. The van der Waals surface area contributed by atoms with Crippen LogP contribution in [0.2, 0.25) is 0 Å². The number of hydrogen-bond acceptors (Lipinski definition) is 4. The van der Waals surface area contributed by atoms with Crippen LogP contribution in [0.3, 0.4) is 0 Å². The minimum Gasteiger partial charge on any atom is -0.342 e. The minimum atomic E-state index is -0.224. The third kappa shape index (κ3) is 9.47. The SMILES string of the molecule is Cc1ccc(N(c2ccc(C)cc2)c2ccc3c(c2)N(c2ccc(C(C)(C)C)cc2)c2cc(C(C)(C)C)cc4c2B3c2cc(C(C)(C)C)ccc2N4c2cc(N(c3ccc(C)cc3)c3ccc(C)cc3)c3c(c2)c2c4ccccc4ccc2n3C)cc1. The van der Waals surface area contributed by atoms with E-state index in [4.69, 9.17) is 0 Å². The maximum atomic E-state index is 2.65. The zero-order chi connectivity index (χ0) is 60.6. The summed E-state index contributed by atoms with van der Waals surface area (Å²) in [6.07, 6.45) is 0. The molecule has 0 fully saturated rings. The molecule has 0 unspecified atom stereocenters. The number of benzene rings is 11. The molecule has 0 saturated carbocycles. The van der Waals surface area contributed by atoms with E-state index >= 15 is 0 Å². The number of anilines is 12. The van der Waals surface area contributed by atoms with Crippen molar-refractivity contribution in [3.8, 4) is 0 Å². The Balaban J connectivity index is 1.11. The van der Waals surface area contributed by atoms with Crippen LogP contribution in [0.4, 0.5) is 68.2 Å². The Bertz CT molecular complexity index is 4570. The summed E-state index contributed by atoms with van der Waals surface area (Å²) in [7, 11) is 2.26. The molecule has 430 valence electrons. The predicted molar refractivity (Wildman–Crippen MR) is 376 cm³/mol. The van der Waals surface area contributed by atoms with Crippen molar-refractivity contribution in [1.29, 1.82) is 0 Å². The Hall–Kier alpha value is -9.26. The third-order valence-corrected chi connectivity index (χ3v) is 18.6. The number of nitrogens with zero attached hydrogens (tertiary/aromatic N) is 5. The van der Waals surface area contributed by atoms with Crippen molar-refractivity contribution in [2.24, 2.45) is 7.05 Å². The molecule has 14 rings (SSSR count). The second-order valence-corrected chi connectivity index (χ2v) is 28.0. The molecule has 0 radical (unpaired) electrons. The topological polar surface area (TPSA) is 17.9 Å². The first-order valence-electron chi connectivity index (χ1n) is 31.1. The van der Waals surface area contributed by atoms with Gasteiger partial charge in [-0.1, -0.05) is 194 Å². The van der Waals surface area contributed by atoms with Crippen LogP contribution in [0.15, 0.2) is 218 Å². The van der Waals surface area contributed by atoms with Crippen molar-refractivity contribution in [1.82, 2.24) is 4.57 Å². The lowest BCUT2D eigenvalue weighted by atomic mass is 9.33. The molecule has 0 atom stereocenters. The molecule has 1 aromatic heterocycles. The molecule has 6 heteroatoms. The maximum absolute atomic E-state index is 2.65. The minimum absolute atomic E-state index is 0.0235. The van der Waals surface area contributed by atoms with Crippen LogP contribution < -0.4 is 36.0 Å². The first kappa shape index (κ1) is 55.6. The van der Waals surface area contributed by atoms with Gasteiger partial charge in [-0.2, -0.15) is 0 Å². The lowest BCUT2D eigenvalue weighted by Crippen LogP contribution is -2.61. The summed E-state index contributed by atoms with van der Waals surface area (Å²) in [5, 5.41) is 4.94. The van der Waals surface area contributed by atoms with Crippen LogP contribution in [0, 0.1) is 27.7 Å². The fourth-order valence-corrected chi connectivity index (χ4v) is 13.7. The van der Waals surface area contributed by atoms with Crippen molar-refractivity contribution in [3.63, 3.8) is 0 Å². The highest BCUT2D eigenvalue weighted by Gasteiger charge is 2.45. The van der Waals surface area contributed by atoms with E-state index in [1.165, 1.54) is 111 Å². The molecule has 2 aliphatic rings. The van der Waals surface area contributed by atoms with Gasteiger partial charge >= 0.3 is 0 Å². The van der Waals surface area contributed by atoms with Crippen LogP contribution in [-0.4, -0.2) is 11.3 Å². The van der Waals surface area contributed by atoms with Crippen molar-refractivity contribution in [2.45, 2.75) is 106 Å². The average Bonchev–Trinajstić information content (AvgIpc) is 1.48. The first-order valence-corrected chi connectivity index (χ1v) is 31.1. The zero-order valence-corrected chi connectivity index (χ0v) is 53.1. The van der Waals surface area contributed by atoms with E-state index in [0.717, 1.165) is 45.5 Å². The molecular weight excluding hydrogens is 1050 g/mol. The Kier molecular flexibility index (Phi) is 13.1. The Morgan fingerprint density at radius 1 is 0.356 bits per heavy atom. The van der Waals surface area contributed by atoms with Gasteiger partial charge in [0.25, 0.3) is 6.71 Å². The van der Waals surface area contributed by atoms with Gasteiger partial charge in [0.2, 0.25) is 0 Å². The molecule has 0 saturated heterocycles. The largest absolute Gasteiger partial charge is 0.342 e. The van der Waals surface area contributed by atoms with Gasteiger partial charge in [0.15, 0.2) is 0 Å². The fraction of sp³-hybridized carbons (Fsp3) is 0.210. The molecule has 0 bridgehead atoms. The predicted octanol–water partition coefficient (Wildman–Crippen LogP) is 20.6. The summed E-state index contributed by atoms with van der Waals surface area (Å²) in [5.41, 5.74) is 28.3. The van der Waals surface area contributed by atoms with Gasteiger partial charge in [-0.15, -0.1) is 0 Å². The summed E-state index contributed by atoms with van der Waals surface area (Å²) in [5.74, 6) is 0. The molecule has 87 heavy (non-hydrogen) atoms. The van der Waals surface area contributed by atoms with E-state index in [-0.39, 0.29) is 23.0 Å². The number of fused-ring (bicyclic) bond motifs is 9. The summed E-state index contributed by atoms with van der Waals surface area (Å²) in [6, 6.07) is 83.9. The number of aromatic nitrogens is 1. The van der Waals surface area contributed by atoms with Crippen LogP contribution in [-0.2, 0) is 23.3 Å². The van der Waals surface area contributed by atoms with E-state index in [1.807, 2.05) is 0 Å². The maximum Gasteiger partial charge on any atom is 0.252 e. The van der Waals surface area contributed by atoms with Crippen LogP contribution in [0.1, 0.15) is 101 Å². The van der Waals surface area contributed by atoms with Crippen LogP contribution >= 0.6 is 0 Å². The van der Waals surface area contributed by atoms with Gasteiger partial charge in [-0.05, 0) is 197 Å². The highest BCUT2D eigenvalue weighted by atomic mass is 15.2. The van der Waals surface area contributed by atoms with Crippen molar-refractivity contribution in [2.75, 3.05) is 19.6 Å². The Labute approximate surface area is 515 Å². The van der Waals surface area contributed by atoms with Gasteiger partial charge in [-0.25, -0.2) is 0 Å². The lowest BCUT2D eigenvalue weighted by molar-refractivity contribution is 0.590. The van der Waals surface area contributed by atoms with Gasteiger partial charge < -0.3 is 24.2 Å². The Morgan fingerprint density at radius 3 is 1.39 bits per heavy atom. The van der Waals surface area contributed by atoms with Crippen LogP contribution in [0.5, 0.6) is 0 Å². The first-order chi connectivity index (χ1) is 41.6. The number of rotatable bonds is 8. The van der Waals surface area contributed by atoms with Crippen LogP contribution in [0.25, 0.3) is 32.6 Å². The van der Waals surface area contributed by atoms with E-state index in [0.29, 0.717) is 0 Å². The van der Waals surface area contributed by atoms with Crippen molar-refractivity contribution >= 4 is 124 Å². The molecule has 3 heterocycles. The fourth-order valence-electron chi connectivity index (χ4n) is 13.7. The van der Waals surface area contributed by atoms with Gasteiger partial charge in [-0.3, -0.25) is 0 Å². The third-order valence-electron chi connectivity index (χ3n) is 18.6. The van der Waals surface area contributed by atoms with E-state index in [1.54, 1.807) is 0 Å². The summed E-state index contributed by atoms with van der Waals surface area (Å²) >= 11 is 0. The molecule has 2 aliphatic heterocycles. The molecule has 0 spiro atoms. The Morgan fingerprint density at radius 2 is 0.851 bits per heavy atom. The zero-order valence-electron chi connectivity index (χ0n) is 53.1. The monoisotopic (exact) mass is 1130 g/mol. The average molecular weight is 1130 g/mol. The second-order valence-electron chi connectivity index (χ2n) is 28.0. The van der Waals surface area contributed by atoms with Crippen molar-refractivity contribution in [3.05, 3.63) is 257 Å². The van der Waals surface area contributed by atoms with E-state index < -0.39 is 0 Å². The van der Waals surface area contributed by atoms with E-state index in [2.05, 4.69) is 340 Å². The quantitative estimate of drug-likeness (QED) is 0.141. The summed E-state index contributed by atoms with van der Waals surface area (Å²) < 4.78 is 2.44. The highest BCUT2D eigenvalue weighted by molar-refractivity contribution is 7.00. The summed E-state index contributed by atoms with van der Waals surface area (Å²) in [6.45, 7) is 29.7. The molecule has 0 aliphatic carbocycles. The number of aryl methyl sites for hydroxylation is 5. The lowest BCUT2D eigenvalue weighted by Gasteiger charge is -2.46. The second kappa shape index (κ2) is 20.4. The van der Waals surface area contributed by atoms with Gasteiger partial charge in [0.05, 0.1) is 11.2 Å². The van der Waals surface area contributed by atoms with Crippen molar-refractivity contribution < 1.29 is 0 Å². The smallest absolute Gasteiger partial charge is 0.252 e. The number of hydrogen-bond donors (Lipinski definition) is 0. The normalized spacial score (nSPS) is 13.1. The molecule has 0 N–H and O–H groups in total. The van der Waals surface area contributed by atoms with E-state index in [9.17, 15) is 0 Å². The molecular formula is C81H78BN5.